The maximum absolute atomic E-state index is 11.5. The van der Waals surface area contributed by atoms with Crippen molar-refractivity contribution in [3.05, 3.63) is 29.3 Å². The monoisotopic (exact) mass is 352 g/mol. The number of thioether (sulfide) groups is 1. The summed E-state index contributed by atoms with van der Waals surface area (Å²) in [5, 5.41) is 1.82. The van der Waals surface area contributed by atoms with Gasteiger partial charge in [-0.05, 0) is 36.4 Å². The van der Waals surface area contributed by atoms with Crippen LogP contribution in [0.3, 0.4) is 0 Å². The van der Waals surface area contributed by atoms with Crippen molar-refractivity contribution in [1.29, 1.82) is 0 Å². The van der Waals surface area contributed by atoms with E-state index in [0.29, 0.717) is 27.3 Å². The van der Waals surface area contributed by atoms with Gasteiger partial charge in [0.05, 0.1) is 4.90 Å². The Morgan fingerprint density at radius 3 is 2.39 bits per heavy atom. The topological polar surface area (TPSA) is 52.6 Å². The van der Waals surface area contributed by atoms with Crippen molar-refractivity contribution in [2.75, 3.05) is 5.75 Å². The Hall–Kier alpha value is -1.72. The van der Waals surface area contributed by atoms with E-state index >= 15 is 0 Å². The predicted molar refractivity (Wildman–Crippen MR) is 92.6 cm³/mol. The highest BCUT2D eigenvalue weighted by Gasteiger charge is 2.17. The van der Waals surface area contributed by atoms with E-state index in [0.717, 1.165) is 17.1 Å². The minimum Gasteiger partial charge on any atom is -0.426 e. The molecule has 2 aromatic carbocycles. The average Bonchev–Trinajstić information content (AvgIpc) is 2.47. The van der Waals surface area contributed by atoms with Crippen LogP contribution in [0.4, 0.5) is 0 Å². The lowest BCUT2D eigenvalue weighted by Crippen LogP contribution is -2.06. The maximum Gasteiger partial charge on any atom is 0.308 e. The van der Waals surface area contributed by atoms with E-state index < -0.39 is 11.9 Å². The van der Waals surface area contributed by atoms with E-state index in [2.05, 4.69) is 6.92 Å². The summed E-state index contributed by atoms with van der Waals surface area (Å²) in [6.45, 7) is 4.76. The van der Waals surface area contributed by atoms with Crippen molar-refractivity contribution >= 4 is 46.1 Å². The molecule has 0 heterocycles. The van der Waals surface area contributed by atoms with Crippen molar-refractivity contribution in [2.24, 2.45) is 0 Å². The number of halogens is 1. The molecule has 2 aromatic rings. The lowest BCUT2D eigenvalue weighted by molar-refractivity contribution is -0.133. The molecule has 0 radical (unpaired) electrons. The number of ether oxygens (including phenoxy) is 2. The molecule has 0 fully saturated rings. The molecule has 0 aliphatic carbocycles. The summed E-state index contributed by atoms with van der Waals surface area (Å²) < 4.78 is 10.7. The van der Waals surface area contributed by atoms with Gasteiger partial charge in [0.1, 0.15) is 5.75 Å². The van der Waals surface area contributed by atoms with E-state index in [-0.39, 0.29) is 0 Å². The third-order valence-corrected chi connectivity index (χ3v) is 4.40. The van der Waals surface area contributed by atoms with Crippen LogP contribution in [0.1, 0.15) is 27.2 Å². The van der Waals surface area contributed by atoms with Crippen molar-refractivity contribution in [3.8, 4) is 11.5 Å². The van der Waals surface area contributed by atoms with Gasteiger partial charge < -0.3 is 9.47 Å². The highest BCUT2D eigenvalue weighted by Crippen LogP contribution is 2.43. The first-order valence-electron chi connectivity index (χ1n) is 7.18. The highest BCUT2D eigenvalue weighted by molar-refractivity contribution is 7.99. The van der Waals surface area contributed by atoms with Crippen LogP contribution in [0.2, 0.25) is 5.02 Å². The normalized spacial score (nSPS) is 10.6. The summed E-state index contributed by atoms with van der Waals surface area (Å²) in [5.74, 6) is 0.910. The molecule has 0 spiro atoms. The van der Waals surface area contributed by atoms with Crippen LogP contribution in [0, 0.1) is 0 Å². The van der Waals surface area contributed by atoms with Crippen LogP contribution in [0.15, 0.2) is 29.2 Å². The molecule has 0 aliphatic rings. The van der Waals surface area contributed by atoms with E-state index in [4.69, 9.17) is 21.1 Å². The summed E-state index contributed by atoms with van der Waals surface area (Å²) >= 11 is 7.60. The van der Waals surface area contributed by atoms with Crippen LogP contribution in [0.5, 0.6) is 11.5 Å². The molecule has 23 heavy (non-hydrogen) atoms. The van der Waals surface area contributed by atoms with Crippen molar-refractivity contribution < 1.29 is 19.1 Å². The SMILES string of the molecule is CCCSc1cc(OC(C)=O)c2cc(Cl)ccc2c1OC(C)=O. The van der Waals surface area contributed by atoms with Gasteiger partial charge in [-0.15, -0.1) is 11.8 Å². The zero-order valence-corrected chi connectivity index (χ0v) is 14.7. The minimum atomic E-state index is -0.419. The Kier molecular flexibility index (Phi) is 5.91. The van der Waals surface area contributed by atoms with E-state index in [9.17, 15) is 9.59 Å². The van der Waals surface area contributed by atoms with Gasteiger partial charge in [0.15, 0.2) is 5.75 Å². The second-order valence-electron chi connectivity index (χ2n) is 4.93. The van der Waals surface area contributed by atoms with Crippen molar-refractivity contribution in [1.82, 2.24) is 0 Å². The number of hydrogen-bond acceptors (Lipinski definition) is 5. The van der Waals surface area contributed by atoms with E-state index in [1.54, 1.807) is 36.0 Å². The van der Waals surface area contributed by atoms with Crippen LogP contribution in [0.25, 0.3) is 10.8 Å². The molecule has 0 amide bonds. The lowest BCUT2D eigenvalue weighted by atomic mass is 10.1. The Balaban J connectivity index is 2.71. The van der Waals surface area contributed by atoms with Crippen LogP contribution >= 0.6 is 23.4 Å². The summed E-state index contributed by atoms with van der Waals surface area (Å²) in [6.07, 6.45) is 0.964. The second kappa shape index (κ2) is 7.70. The maximum atomic E-state index is 11.5. The van der Waals surface area contributed by atoms with Gasteiger partial charge in [0.25, 0.3) is 0 Å². The van der Waals surface area contributed by atoms with E-state index in [1.165, 1.54) is 13.8 Å². The fourth-order valence-electron chi connectivity index (χ4n) is 2.12. The molecule has 0 saturated heterocycles. The number of hydrogen-bond donors (Lipinski definition) is 0. The molecule has 0 atom stereocenters. The quantitative estimate of drug-likeness (QED) is 0.437. The third-order valence-electron chi connectivity index (χ3n) is 2.94. The molecule has 122 valence electrons. The predicted octanol–water partition coefficient (Wildman–Crippen LogP) is 4.85. The van der Waals surface area contributed by atoms with Gasteiger partial charge in [-0.25, -0.2) is 0 Å². The second-order valence-corrected chi connectivity index (χ2v) is 6.50. The first-order chi connectivity index (χ1) is 10.9. The minimum absolute atomic E-state index is 0.403. The number of fused-ring (bicyclic) bond motifs is 1. The summed E-state index contributed by atoms with van der Waals surface area (Å²) in [7, 11) is 0. The van der Waals surface area contributed by atoms with Gasteiger partial charge in [-0.3, -0.25) is 9.59 Å². The van der Waals surface area contributed by atoms with Gasteiger partial charge >= 0.3 is 11.9 Å². The summed E-state index contributed by atoms with van der Waals surface area (Å²) in [4.78, 5) is 23.6. The third kappa shape index (κ3) is 4.39. The molecule has 4 nitrogen and oxygen atoms in total. The van der Waals surface area contributed by atoms with E-state index in [1.807, 2.05) is 0 Å². The fraction of sp³-hybridized carbons (Fsp3) is 0.294. The molecule has 0 N–H and O–H groups in total. The van der Waals surface area contributed by atoms with Gasteiger partial charge in [-0.2, -0.15) is 0 Å². The Bertz CT molecular complexity index is 758. The van der Waals surface area contributed by atoms with Crippen LogP contribution in [-0.4, -0.2) is 17.7 Å². The summed E-state index contributed by atoms with van der Waals surface area (Å²) in [5.41, 5.74) is 0. The zero-order valence-electron chi connectivity index (χ0n) is 13.1. The number of rotatable bonds is 5. The Labute approximate surface area is 144 Å². The van der Waals surface area contributed by atoms with Crippen molar-refractivity contribution in [3.63, 3.8) is 0 Å². The zero-order chi connectivity index (χ0) is 17.0. The lowest BCUT2D eigenvalue weighted by Gasteiger charge is -2.15. The largest absolute Gasteiger partial charge is 0.426 e. The Morgan fingerprint density at radius 2 is 1.78 bits per heavy atom. The fourth-order valence-corrected chi connectivity index (χ4v) is 3.19. The number of benzene rings is 2. The molecule has 0 saturated carbocycles. The van der Waals surface area contributed by atoms with Gasteiger partial charge in [0, 0.05) is 29.6 Å². The molecule has 0 unspecified atom stereocenters. The van der Waals surface area contributed by atoms with Crippen LogP contribution < -0.4 is 9.47 Å². The molecule has 0 bridgehead atoms. The standard InChI is InChI=1S/C17H17ClO4S/c1-4-7-23-16-9-15(21-10(2)19)14-8-12(18)5-6-13(14)17(16)22-11(3)20/h5-6,8-9H,4,7H2,1-3H3. The molecule has 0 aliphatic heterocycles. The Morgan fingerprint density at radius 1 is 1.09 bits per heavy atom. The molecule has 2 rings (SSSR count). The van der Waals surface area contributed by atoms with Crippen molar-refractivity contribution in [2.45, 2.75) is 32.1 Å². The summed E-state index contributed by atoms with van der Waals surface area (Å²) in [6, 6.07) is 6.89. The first kappa shape index (κ1) is 17.6. The molecular formula is C17H17ClO4S. The average molecular weight is 353 g/mol. The van der Waals surface area contributed by atoms with Gasteiger partial charge in [0.2, 0.25) is 0 Å². The highest BCUT2D eigenvalue weighted by atomic mass is 35.5. The first-order valence-corrected chi connectivity index (χ1v) is 8.54. The number of esters is 2. The number of carbonyl (C=O) groups excluding carboxylic acids is 2. The number of carbonyl (C=O) groups is 2. The smallest absolute Gasteiger partial charge is 0.308 e. The van der Waals surface area contributed by atoms with Gasteiger partial charge in [-0.1, -0.05) is 18.5 Å². The molecule has 0 aromatic heterocycles. The van der Waals surface area contributed by atoms with Crippen LogP contribution in [-0.2, 0) is 9.59 Å². The molecular weight excluding hydrogens is 336 g/mol. The molecule has 6 heteroatoms.